The Hall–Kier alpha value is -3.54. The Morgan fingerprint density at radius 1 is 1.03 bits per heavy atom. The summed E-state index contributed by atoms with van der Waals surface area (Å²) in [5, 5.41) is 4.95. The van der Waals surface area contributed by atoms with E-state index in [1.807, 2.05) is 0 Å². The summed E-state index contributed by atoms with van der Waals surface area (Å²) in [5.41, 5.74) is -0.282. The lowest BCUT2D eigenvalue weighted by Crippen LogP contribution is -2.29. The zero-order valence-electron chi connectivity index (χ0n) is 17.8. The van der Waals surface area contributed by atoms with E-state index in [0.29, 0.717) is 5.56 Å². The molecule has 1 atom stereocenters. The summed E-state index contributed by atoms with van der Waals surface area (Å²) in [6.07, 6.45) is -11.1. The number of nitrogens with zero attached hydrogens (tertiary/aromatic N) is 2. The SMILES string of the molecule is CNc1nc(NC[C@H](OC(=O)C(F)(F)F)c2ccccc2)cc(-c2ccc(C(F)(F)F)c(Cl)c2)n1. The summed E-state index contributed by atoms with van der Waals surface area (Å²) >= 11 is 5.80. The topological polar surface area (TPSA) is 76.1 Å². The van der Waals surface area contributed by atoms with E-state index >= 15 is 0 Å². The van der Waals surface area contributed by atoms with Crippen molar-refractivity contribution in [3.63, 3.8) is 0 Å². The molecule has 186 valence electrons. The van der Waals surface area contributed by atoms with Gasteiger partial charge in [0.1, 0.15) is 11.9 Å². The molecule has 0 unspecified atom stereocenters. The number of hydrogen-bond donors (Lipinski definition) is 2. The number of esters is 1. The van der Waals surface area contributed by atoms with Gasteiger partial charge in [-0.3, -0.25) is 0 Å². The number of hydrogen-bond acceptors (Lipinski definition) is 6. The third kappa shape index (κ3) is 6.75. The van der Waals surface area contributed by atoms with Gasteiger partial charge >= 0.3 is 18.3 Å². The predicted molar refractivity (Wildman–Crippen MR) is 117 cm³/mol. The van der Waals surface area contributed by atoms with E-state index in [1.165, 1.54) is 31.3 Å². The third-order valence-electron chi connectivity index (χ3n) is 4.64. The number of carbonyl (C=O) groups is 1. The van der Waals surface area contributed by atoms with Crippen LogP contribution in [-0.2, 0) is 15.7 Å². The highest BCUT2D eigenvalue weighted by Crippen LogP contribution is 2.37. The van der Waals surface area contributed by atoms with Crippen LogP contribution in [-0.4, -0.2) is 35.7 Å². The molecule has 0 saturated carbocycles. The van der Waals surface area contributed by atoms with Crippen molar-refractivity contribution in [2.24, 2.45) is 0 Å². The normalized spacial score (nSPS) is 12.7. The fourth-order valence-corrected chi connectivity index (χ4v) is 3.28. The first-order valence-corrected chi connectivity index (χ1v) is 10.3. The molecule has 2 aromatic carbocycles. The Morgan fingerprint density at radius 2 is 1.71 bits per heavy atom. The molecule has 35 heavy (non-hydrogen) atoms. The van der Waals surface area contributed by atoms with Crippen LogP contribution in [0, 0.1) is 0 Å². The molecule has 0 spiro atoms. The van der Waals surface area contributed by atoms with Crippen LogP contribution in [0.25, 0.3) is 11.3 Å². The van der Waals surface area contributed by atoms with E-state index < -0.39 is 35.0 Å². The van der Waals surface area contributed by atoms with Gasteiger partial charge < -0.3 is 15.4 Å². The number of anilines is 2. The molecule has 2 N–H and O–H groups in total. The quantitative estimate of drug-likeness (QED) is 0.290. The van der Waals surface area contributed by atoms with Crippen LogP contribution in [0.15, 0.2) is 54.6 Å². The molecule has 6 nitrogen and oxygen atoms in total. The van der Waals surface area contributed by atoms with Crippen molar-refractivity contribution in [2.45, 2.75) is 18.5 Å². The molecule has 13 heteroatoms. The molecule has 0 aliphatic heterocycles. The van der Waals surface area contributed by atoms with Gasteiger partial charge in [0.05, 0.1) is 22.8 Å². The smallest absolute Gasteiger partial charge is 0.449 e. The zero-order valence-corrected chi connectivity index (χ0v) is 18.6. The van der Waals surface area contributed by atoms with Crippen molar-refractivity contribution < 1.29 is 35.9 Å². The van der Waals surface area contributed by atoms with E-state index in [0.717, 1.165) is 12.1 Å². The number of rotatable bonds is 7. The van der Waals surface area contributed by atoms with Crippen molar-refractivity contribution in [1.29, 1.82) is 0 Å². The lowest BCUT2D eigenvalue weighted by atomic mass is 10.1. The van der Waals surface area contributed by atoms with Gasteiger partial charge in [0.2, 0.25) is 5.95 Å². The molecular weight excluding hydrogens is 502 g/mol. The van der Waals surface area contributed by atoms with Gasteiger partial charge in [0, 0.05) is 18.7 Å². The highest BCUT2D eigenvalue weighted by molar-refractivity contribution is 6.31. The minimum atomic E-state index is -5.18. The van der Waals surface area contributed by atoms with Crippen LogP contribution in [0.2, 0.25) is 5.02 Å². The Kier molecular flexibility index (Phi) is 7.73. The number of carbonyl (C=O) groups excluding carboxylic acids is 1. The van der Waals surface area contributed by atoms with E-state index in [1.54, 1.807) is 18.2 Å². The first-order valence-electron chi connectivity index (χ1n) is 9.89. The number of alkyl halides is 6. The maximum absolute atomic E-state index is 13.0. The van der Waals surface area contributed by atoms with E-state index in [-0.39, 0.29) is 29.6 Å². The zero-order chi connectivity index (χ0) is 25.8. The molecule has 0 bridgehead atoms. The average molecular weight is 519 g/mol. The molecular formula is C22H17ClF6N4O2. The molecule has 1 heterocycles. The monoisotopic (exact) mass is 518 g/mol. The number of ether oxygens (including phenoxy) is 1. The summed E-state index contributed by atoms with van der Waals surface area (Å²) in [4.78, 5) is 19.8. The van der Waals surface area contributed by atoms with Crippen LogP contribution in [0.5, 0.6) is 0 Å². The van der Waals surface area contributed by atoms with Gasteiger partial charge in [-0.1, -0.05) is 48.0 Å². The number of nitrogens with one attached hydrogen (secondary N) is 2. The summed E-state index contributed by atoms with van der Waals surface area (Å²) in [6, 6.07) is 12.2. The summed E-state index contributed by atoms with van der Waals surface area (Å²) < 4.78 is 81.9. The van der Waals surface area contributed by atoms with Crippen LogP contribution in [0.3, 0.4) is 0 Å². The molecule has 0 saturated heterocycles. The second kappa shape index (κ2) is 10.4. The van der Waals surface area contributed by atoms with Crippen molar-refractivity contribution in [3.8, 4) is 11.3 Å². The first-order chi connectivity index (χ1) is 16.4. The summed E-state index contributed by atoms with van der Waals surface area (Å²) in [5.74, 6) is -2.17. The Morgan fingerprint density at radius 3 is 2.29 bits per heavy atom. The van der Waals surface area contributed by atoms with Crippen molar-refractivity contribution in [2.75, 3.05) is 24.2 Å². The molecule has 1 aromatic heterocycles. The maximum Gasteiger partial charge on any atom is 0.490 e. The fourth-order valence-electron chi connectivity index (χ4n) is 2.99. The second-order valence-electron chi connectivity index (χ2n) is 7.09. The van der Waals surface area contributed by atoms with Gasteiger partial charge in [-0.15, -0.1) is 0 Å². The van der Waals surface area contributed by atoms with Gasteiger partial charge in [0.15, 0.2) is 0 Å². The molecule has 3 rings (SSSR count). The third-order valence-corrected chi connectivity index (χ3v) is 4.95. The number of benzene rings is 2. The summed E-state index contributed by atoms with van der Waals surface area (Å²) in [6.45, 7) is -0.292. The van der Waals surface area contributed by atoms with Crippen LogP contribution in [0.4, 0.5) is 38.1 Å². The lowest BCUT2D eigenvalue weighted by Gasteiger charge is -2.20. The first kappa shape index (κ1) is 26.1. The Labute approximate surface area is 200 Å². The minimum absolute atomic E-state index is 0.0737. The van der Waals surface area contributed by atoms with Crippen LogP contribution >= 0.6 is 11.6 Å². The van der Waals surface area contributed by atoms with Gasteiger partial charge in [-0.05, 0) is 17.7 Å². The molecule has 0 radical (unpaired) electrons. The molecule has 3 aromatic rings. The summed E-state index contributed by atoms with van der Waals surface area (Å²) in [7, 11) is 1.50. The standard InChI is InChI=1S/C22H17ClF6N4O2/c1-30-20-32-16(13-7-8-14(15(23)9-13)21(24,25)26)10-18(33-20)31-11-17(12-5-3-2-4-6-12)35-19(34)22(27,28)29/h2-10,17H,11H2,1H3,(H2,30,31,32,33)/t17-/m0/s1. The maximum atomic E-state index is 13.0. The number of aromatic nitrogens is 2. The Bertz CT molecular complexity index is 1190. The Balaban J connectivity index is 1.88. The van der Waals surface area contributed by atoms with E-state index in [4.69, 9.17) is 11.6 Å². The molecule has 0 aliphatic carbocycles. The van der Waals surface area contributed by atoms with E-state index in [2.05, 4.69) is 25.3 Å². The predicted octanol–water partition coefficient (Wildman–Crippen LogP) is 6.12. The van der Waals surface area contributed by atoms with Gasteiger partial charge in [0.25, 0.3) is 0 Å². The van der Waals surface area contributed by atoms with E-state index in [9.17, 15) is 31.1 Å². The average Bonchev–Trinajstić information content (AvgIpc) is 2.80. The van der Waals surface area contributed by atoms with Gasteiger partial charge in [-0.25, -0.2) is 9.78 Å². The van der Waals surface area contributed by atoms with Crippen molar-refractivity contribution in [1.82, 2.24) is 9.97 Å². The van der Waals surface area contributed by atoms with Crippen LogP contribution < -0.4 is 10.6 Å². The minimum Gasteiger partial charge on any atom is -0.449 e. The van der Waals surface area contributed by atoms with Crippen molar-refractivity contribution >= 4 is 29.3 Å². The van der Waals surface area contributed by atoms with Crippen molar-refractivity contribution in [3.05, 3.63) is 70.7 Å². The molecule has 0 aliphatic rings. The second-order valence-corrected chi connectivity index (χ2v) is 7.49. The molecule has 0 amide bonds. The fraction of sp³-hybridized carbons (Fsp3) is 0.227. The highest BCUT2D eigenvalue weighted by atomic mass is 35.5. The largest absolute Gasteiger partial charge is 0.490 e. The van der Waals surface area contributed by atoms with Gasteiger partial charge in [-0.2, -0.15) is 31.3 Å². The van der Waals surface area contributed by atoms with Crippen LogP contribution in [0.1, 0.15) is 17.2 Å². The lowest BCUT2D eigenvalue weighted by molar-refractivity contribution is -0.204. The number of halogens is 7. The molecule has 0 fully saturated rings. The highest BCUT2D eigenvalue weighted by Gasteiger charge is 2.42.